The molecule has 17 heavy (non-hydrogen) atoms. The molecule has 2 aliphatic rings. The molecule has 2 fully saturated rings. The lowest BCUT2D eigenvalue weighted by Crippen LogP contribution is -2.30. The van der Waals surface area contributed by atoms with Crippen LogP contribution in [0.5, 0.6) is 0 Å². The number of furan rings is 1. The third-order valence-electron chi connectivity index (χ3n) is 4.73. The fourth-order valence-corrected chi connectivity index (χ4v) is 3.87. The van der Waals surface area contributed by atoms with Crippen LogP contribution in [0.25, 0.3) is 0 Å². The SMILES string of the molecule is Cc1ccc(C(CC2CC3CCC2C3)NN)o1. The van der Waals surface area contributed by atoms with E-state index in [1.807, 2.05) is 19.1 Å². The Kier molecular flexibility index (Phi) is 2.97. The van der Waals surface area contributed by atoms with E-state index in [0.717, 1.165) is 35.7 Å². The van der Waals surface area contributed by atoms with Gasteiger partial charge < -0.3 is 4.42 Å². The van der Waals surface area contributed by atoms with Gasteiger partial charge in [0.15, 0.2) is 0 Å². The van der Waals surface area contributed by atoms with Gasteiger partial charge in [-0.15, -0.1) is 0 Å². The van der Waals surface area contributed by atoms with Crippen molar-refractivity contribution in [1.82, 2.24) is 5.43 Å². The van der Waals surface area contributed by atoms with Crippen LogP contribution >= 0.6 is 0 Å². The molecule has 3 N–H and O–H groups in total. The first-order valence-electron chi connectivity index (χ1n) is 6.78. The highest BCUT2D eigenvalue weighted by atomic mass is 16.3. The number of hydrogen-bond acceptors (Lipinski definition) is 3. The van der Waals surface area contributed by atoms with E-state index in [-0.39, 0.29) is 6.04 Å². The van der Waals surface area contributed by atoms with Gasteiger partial charge in [-0.1, -0.05) is 6.42 Å². The van der Waals surface area contributed by atoms with E-state index in [1.165, 1.54) is 25.7 Å². The number of nitrogens with one attached hydrogen (secondary N) is 1. The molecule has 94 valence electrons. The smallest absolute Gasteiger partial charge is 0.122 e. The lowest BCUT2D eigenvalue weighted by atomic mass is 9.84. The highest BCUT2D eigenvalue weighted by Crippen LogP contribution is 2.50. The minimum absolute atomic E-state index is 0.188. The van der Waals surface area contributed by atoms with Crippen molar-refractivity contribution in [3.05, 3.63) is 23.7 Å². The molecular formula is C14H22N2O. The van der Waals surface area contributed by atoms with Gasteiger partial charge in [-0.25, -0.2) is 5.43 Å². The van der Waals surface area contributed by atoms with Crippen molar-refractivity contribution < 1.29 is 4.42 Å². The summed E-state index contributed by atoms with van der Waals surface area (Å²) in [4.78, 5) is 0. The Bertz CT molecular complexity index is 387. The topological polar surface area (TPSA) is 51.2 Å². The van der Waals surface area contributed by atoms with Crippen molar-refractivity contribution in [2.24, 2.45) is 23.6 Å². The van der Waals surface area contributed by atoms with Crippen molar-refractivity contribution >= 4 is 0 Å². The third kappa shape index (κ3) is 2.14. The molecule has 2 saturated carbocycles. The van der Waals surface area contributed by atoms with Crippen molar-refractivity contribution in [1.29, 1.82) is 0 Å². The van der Waals surface area contributed by atoms with E-state index in [9.17, 15) is 0 Å². The fraction of sp³-hybridized carbons (Fsp3) is 0.714. The maximum Gasteiger partial charge on any atom is 0.122 e. The summed E-state index contributed by atoms with van der Waals surface area (Å²) in [5.74, 6) is 10.4. The Balaban J connectivity index is 1.66. The molecule has 3 heteroatoms. The van der Waals surface area contributed by atoms with Crippen LogP contribution in [0.2, 0.25) is 0 Å². The minimum Gasteiger partial charge on any atom is -0.465 e. The summed E-state index contributed by atoms with van der Waals surface area (Å²) in [7, 11) is 0. The Labute approximate surface area is 103 Å². The first-order chi connectivity index (χ1) is 8.26. The molecule has 0 spiro atoms. The number of fused-ring (bicyclic) bond motifs is 2. The third-order valence-corrected chi connectivity index (χ3v) is 4.73. The van der Waals surface area contributed by atoms with Crippen LogP contribution in [0.3, 0.4) is 0 Å². The van der Waals surface area contributed by atoms with E-state index in [2.05, 4.69) is 5.43 Å². The highest BCUT2D eigenvalue weighted by Gasteiger charge is 2.40. The first kappa shape index (κ1) is 11.3. The van der Waals surface area contributed by atoms with Gasteiger partial charge in [0.2, 0.25) is 0 Å². The average molecular weight is 234 g/mol. The molecule has 1 aromatic heterocycles. The zero-order valence-corrected chi connectivity index (χ0v) is 10.5. The number of aryl methyl sites for hydroxylation is 1. The Morgan fingerprint density at radius 3 is 2.82 bits per heavy atom. The summed E-state index contributed by atoms with van der Waals surface area (Å²) < 4.78 is 5.68. The molecule has 4 unspecified atom stereocenters. The van der Waals surface area contributed by atoms with Crippen molar-refractivity contribution in [3.8, 4) is 0 Å². The van der Waals surface area contributed by atoms with Crippen LogP contribution in [0, 0.1) is 24.7 Å². The monoisotopic (exact) mass is 234 g/mol. The molecule has 3 nitrogen and oxygen atoms in total. The first-order valence-corrected chi connectivity index (χ1v) is 6.78. The molecule has 0 aromatic carbocycles. The van der Waals surface area contributed by atoms with Crippen LogP contribution in [0.15, 0.2) is 16.5 Å². The standard InChI is InChI=1S/C14H22N2O/c1-9-2-5-14(17-9)13(16-15)8-12-7-10-3-4-11(12)6-10/h2,5,10-13,16H,3-4,6-8,15H2,1H3. The fourth-order valence-electron chi connectivity index (χ4n) is 3.87. The molecule has 0 saturated heterocycles. The predicted octanol–water partition coefficient (Wildman–Crippen LogP) is 2.92. The van der Waals surface area contributed by atoms with E-state index in [0.29, 0.717) is 0 Å². The highest BCUT2D eigenvalue weighted by molar-refractivity contribution is 5.10. The Morgan fingerprint density at radius 2 is 2.29 bits per heavy atom. The summed E-state index contributed by atoms with van der Waals surface area (Å²) in [6.45, 7) is 1.98. The molecule has 2 bridgehead atoms. The summed E-state index contributed by atoms with van der Waals surface area (Å²) in [6.07, 6.45) is 6.89. The lowest BCUT2D eigenvalue weighted by Gasteiger charge is -2.25. The summed E-state index contributed by atoms with van der Waals surface area (Å²) in [6, 6.07) is 4.25. The predicted molar refractivity (Wildman–Crippen MR) is 67.1 cm³/mol. The van der Waals surface area contributed by atoms with Gasteiger partial charge in [0.05, 0.1) is 6.04 Å². The number of nitrogens with two attached hydrogens (primary N) is 1. The summed E-state index contributed by atoms with van der Waals surface area (Å²) in [5, 5.41) is 0. The second-order valence-corrected chi connectivity index (χ2v) is 5.84. The molecule has 1 heterocycles. The molecule has 3 rings (SSSR count). The quantitative estimate of drug-likeness (QED) is 0.622. The second-order valence-electron chi connectivity index (χ2n) is 5.84. The molecule has 1 aromatic rings. The van der Waals surface area contributed by atoms with E-state index < -0.39 is 0 Å². The number of hydrogen-bond donors (Lipinski definition) is 2. The Hall–Kier alpha value is -0.800. The van der Waals surface area contributed by atoms with Gasteiger partial charge in [0.1, 0.15) is 11.5 Å². The van der Waals surface area contributed by atoms with Gasteiger partial charge in [0, 0.05) is 0 Å². The summed E-state index contributed by atoms with van der Waals surface area (Å²) in [5.41, 5.74) is 2.92. The van der Waals surface area contributed by atoms with Gasteiger partial charge in [-0.2, -0.15) is 0 Å². The van der Waals surface area contributed by atoms with Gasteiger partial charge in [-0.3, -0.25) is 5.84 Å². The zero-order chi connectivity index (χ0) is 11.8. The zero-order valence-electron chi connectivity index (χ0n) is 10.5. The van der Waals surface area contributed by atoms with Crippen LogP contribution in [0.1, 0.15) is 49.7 Å². The van der Waals surface area contributed by atoms with Crippen molar-refractivity contribution in [2.75, 3.05) is 0 Å². The van der Waals surface area contributed by atoms with Gasteiger partial charge >= 0.3 is 0 Å². The summed E-state index contributed by atoms with van der Waals surface area (Å²) >= 11 is 0. The molecule has 0 aliphatic heterocycles. The second kappa shape index (κ2) is 4.46. The Morgan fingerprint density at radius 1 is 1.41 bits per heavy atom. The van der Waals surface area contributed by atoms with Gasteiger partial charge in [0.25, 0.3) is 0 Å². The largest absolute Gasteiger partial charge is 0.465 e. The van der Waals surface area contributed by atoms with Crippen LogP contribution in [0.4, 0.5) is 0 Å². The maximum absolute atomic E-state index is 5.68. The lowest BCUT2D eigenvalue weighted by molar-refractivity contribution is 0.262. The van der Waals surface area contributed by atoms with E-state index in [1.54, 1.807) is 0 Å². The minimum atomic E-state index is 0.188. The van der Waals surface area contributed by atoms with Crippen LogP contribution in [-0.2, 0) is 0 Å². The molecule has 0 amide bonds. The van der Waals surface area contributed by atoms with E-state index >= 15 is 0 Å². The van der Waals surface area contributed by atoms with E-state index in [4.69, 9.17) is 10.3 Å². The normalized spacial score (nSPS) is 33.2. The molecule has 2 aliphatic carbocycles. The van der Waals surface area contributed by atoms with Crippen LogP contribution in [-0.4, -0.2) is 0 Å². The molecule has 4 atom stereocenters. The number of rotatable bonds is 4. The number of hydrazine groups is 1. The maximum atomic E-state index is 5.68. The van der Waals surface area contributed by atoms with Crippen LogP contribution < -0.4 is 11.3 Å². The average Bonchev–Trinajstić information content (AvgIpc) is 3.01. The van der Waals surface area contributed by atoms with Crippen molar-refractivity contribution in [2.45, 2.75) is 45.1 Å². The van der Waals surface area contributed by atoms with Gasteiger partial charge in [-0.05, 0) is 62.5 Å². The molecular weight excluding hydrogens is 212 g/mol. The van der Waals surface area contributed by atoms with Crippen molar-refractivity contribution in [3.63, 3.8) is 0 Å². The molecule has 0 radical (unpaired) electrons.